The summed E-state index contributed by atoms with van der Waals surface area (Å²) in [5.41, 5.74) is 12.6. The lowest BCUT2D eigenvalue weighted by Gasteiger charge is -2.42. The van der Waals surface area contributed by atoms with Crippen molar-refractivity contribution in [3.63, 3.8) is 0 Å². The summed E-state index contributed by atoms with van der Waals surface area (Å²) in [6.45, 7) is 4.67. The van der Waals surface area contributed by atoms with E-state index in [1.165, 1.54) is 22.5 Å². The van der Waals surface area contributed by atoms with Gasteiger partial charge in [-0.2, -0.15) is 0 Å². The van der Waals surface area contributed by atoms with Gasteiger partial charge in [0.15, 0.2) is 17.5 Å². The van der Waals surface area contributed by atoms with Crippen LogP contribution < -0.4 is 4.90 Å². The predicted molar refractivity (Wildman–Crippen MR) is 216 cm³/mol. The number of rotatable bonds is 5. The Kier molecular flexibility index (Phi) is 7.08. The maximum absolute atomic E-state index is 6.60. The van der Waals surface area contributed by atoms with Crippen molar-refractivity contribution in [3.05, 3.63) is 181 Å². The van der Waals surface area contributed by atoms with Crippen LogP contribution in [0.4, 0.5) is 17.1 Å². The summed E-state index contributed by atoms with van der Waals surface area (Å²) in [6.07, 6.45) is 0. The van der Waals surface area contributed by atoms with E-state index < -0.39 is 0 Å². The Bertz CT molecular complexity index is 2750. The molecule has 5 heteroatoms. The number of benzene rings is 7. The van der Waals surface area contributed by atoms with Gasteiger partial charge in [0, 0.05) is 38.6 Å². The lowest BCUT2D eigenvalue weighted by atomic mass is 9.73. The number of aromatic nitrogens is 3. The Morgan fingerprint density at radius 1 is 0.453 bits per heavy atom. The zero-order chi connectivity index (χ0) is 35.5. The molecule has 0 aliphatic carbocycles. The maximum Gasteiger partial charge on any atom is 0.164 e. The second kappa shape index (κ2) is 12.1. The second-order valence-corrected chi connectivity index (χ2v) is 14.1. The van der Waals surface area contributed by atoms with E-state index in [1.54, 1.807) is 0 Å². The summed E-state index contributed by atoms with van der Waals surface area (Å²) in [5.74, 6) is 1.86. The number of nitrogens with zero attached hydrogens (tertiary/aromatic N) is 4. The molecule has 0 bridgehead atoms. The standard InChI is InChI=1S/C48H34N4O/c1-48(2)38-22-12-13-23-40(38)52(35-19-10-5-11-20-35)41-28-26-33(29-39(41)48)36-21-14-24-42-44(36)37-27-25-34(30-43(37)53-42)47-50-45(31-15-6-3-7-16-31)49-46(51-47)32-17-8-4-9-18-32/h3-30H,1-2H3. The van der Waals surface area contributed by atoms with Crippen LogP contribution in [-0.2, 0) is 5.41 Å². The molecule has 1 aliphatic rings. The summed E-state index contributed by atoms with van der Waals surface area (Å²) in [5, 5.41) is 2.14. The smallest absolute Gasteiger partial charge is 0.164 e. The minimum absolute atomic E-state index is 0.212. The molecule has 3 heterocycles. The Morgan fingerprint density at radius 3 is 1.74 bits per heavy atom. The first-order valence-corrected chi connectivity index (χ1v) is 18.0. The van der Waals surface area contributed by atoms with Gasteiger partial charge in [-0.15, -0.1) is 0 Å². The first kappa shape index (κ1) is 30.9. The van der Waals surface area contributed by atoms with Gasteiger partial charge in [-0.1, -0.05) is 135 Å². The fourth-order valence-corrected chi connectivity index (χ4v) is 7.87. The molecule has 0 N–H and O–H groups in total. The molecule has 0 saturated heterocycles. The highest BCUT2D eigenvalue weighted by Crippen LogP contribution is 2.53. The lowest BCUT2D eigenvalue weighted by molar-refractivity contribution is 0.632. The number of furan rings is 1. The average molecular weight is 683 g/mol. The van der Waals surface area contributed by atoms with E-state index in [-0.39, 0.29) is 5.41 Å². The Hall–Kier alpha value is -6.85. The summed E-state index contributed by atoms with van der Waals surface area (Å²) in [6, 6.07) is 59.1. The molecule has 0 unspecified atom stereocenters. The van der Waals surface area contributed by atoms with Crippen molar-refractivity contribution in [1.29, 1.82) is 0 Å². The molecule has 0 amide bonds. The third-order valence-corrected chi connectivity index (χ3v) is 10.5. The summed E-state index contributed by atoms with van der Waals surface area (Å²) in [7, 11) is 0. The van der Waals surface area contributed by atoms with Crippen LogP contribution in [0.5, 0.6) is 0 Å². The highest BCUT2D eigenvalue weighted by Gasteiger charge is 2.37. The molecule has 5 nitrogen and oxygen atoms in total. The molecule has 0 radical (unpaired) electrons. The fourth-order valence-electron chi connectivity index (χ4n) is 7.87. The van der Waals surface area contributed by atoms with Crippen molar-refractivity contribution >= 4 is 39.0 Å². The molecular weight excluding hydrogens is 649 g/mol. The van der Waals surface area contributed by atoms with Crippen molar-refractivity contribution in [1.82, 2.24) is 15.0 Å². The van der Waals surface area contributed by atoms with Crippen LogP contribution in [0.25, 0.3) is 67.2 Å². The van der Waals surface area contributed by atoms with Crippen LogP contribution in [-0.4, -0.2) is 15.0 Å². The largest absolute Gasteiger partial charge is 0.456 e. The van der Waals surface area contributed by atoms with Crippen molar-refractivity contribution in [2.45, 2.75) is 19.3 Å². The fraction of sp³-hybridized carbons (Fsp3) is 0.0625. The van der Waals surface area contributed by atoms with Gasteiger partial charge in [0.2, 0.25) is 0 Å². The average Bonchev–Trinajstić information content (AvgIpc) is 3.60. The highest BCUT2D eigenvalue weighted by atomic mass is 16.3. The molecule has 0 atom stereocenters. The van der Waals surface area contributed by atoms with E-state index in [0.29, 0.717) is 17.5 Å². The molecule has 10 rings (SSSR count). The predicted octanol–water partition coefficient (Wildman–Crippen LogP) is 12.5. The van der Waals surface area contributed by atoms with E-state index in [2.05, 4.69) is 128 Å². The summed E-state index contributed by atoms with van der Waals surface area (Å²) < 4.78 is 6.60. The molecule has 9 aromatic rings. The monoisotopic (exact) mass is 682 g/mol. The topological polar surface area (TPSA) is 55.1 Å². The summed E-state index contributed by atoms with van der Waals surface area (Å²) >= 11 is 0. The van der Waals surface area contributed by atoms with Gasteiger partial charge >= 0.3 is 0 Å². The first-order chi connectivity index (χ1) is 26.0. The summed E-state index contributed by atoms with van der Waals surface area (Å²) in [4.78, 5) is 17.2. The van der Waals surface area contributed by atoms with Crippen LogP contribution >= 0.6 is 0 Å². The normalized spacial score (nSPS) is 13.2. The van der Waals surface area contributed by atoms with Crippen LogP contribution in [0.3, 0.4) is 0 Å². The quantitative estimate of drug-likeness (QED) is 0.181. The van der Waals surface area contributed by atoms with Crippen LogP contribution in [0.15, 0.2) is 174 Å². The Labute approximate surface area is 307 Å². The number of para-hydroxylation sites is 2. The minimum Gasteiger partial charge on any atom is -0.456 e. The third kappa shape index (κ3) is 5.12. The molecule has 0 fully saturated rings. The number of hydrogen-bond donors (Lipinski definition) is 0. The lowest BCUT2D eigenvalue weighted by Crippen LogP contribution is -2.30. The minimum atomic E-state index is -0.212. The molecule has 0 saturated carbocycles. The van der Waals surface area contributed by atoms with E-state index >= 15 is 0 Å². The molecule has 2 aromatic heterocycles. The number of hydrogen-bond acceptors (Lipinski definition) is 5. The van der Waals surface area contributed by atoms with Gasteiger partial charge in [0.05, 0.1) is 11.4 Å². The van der Waals surface area contributed by atoms with Crippen molar-refractivity contribution in [2.75, 3.05) is 4.90 Å². The van der Waals surface area contributed by atoms with Gasteiger partial charge in [0.1, 0.15) is 11.2 Å². The second-order valence-electron chi connectivity index (χ2n) is 14.1. The van der Waals surface area contributed by atoms with Crippen molar-refractivity contribution < 1.29 is 4.42 Å². The van der Waals surface area contributed by atoms with E-state index in [1.807, 2.05) is 60.7 Å². The molecule has 1 aliphatic heterocycles. The third-order valence-electron chi connectivity index (χ3n) is 10.5. The molecule has 252 valence electrons. The Balaban J connectivity index is 1.11. The number of anilines is 3. The SMILES string of the molecule is CC1(C)c2ccccc2N(c2ccccc2)c2ccc(-c3cccc4oc5cc(-c6nc(-c7ccccc7)nc(-c7ccccc7)n6)ccc5c34)cc21. The first-order valence-electron chi connectivity index (χ1n) is 18.0. The van der Waals surface area contributed by atoms with Gasteiger partial charge in [-0.3, -0.25) is 0 Å². The van der Waals surface area contributed by atoms with Crippen molar-refractivity contribution in [3.8, 4) is 45.3 Å². The van der Waals surface area contributed by atoms with E-state index in [9.17, 15) is 0 Å². The molecule has 53 heavy (non-hydrogen) atoms. The zero-order valence-corrected chi connectivity index (χ0v) is 29.4. The van der Waals surface area contributed by atoms with E-state index in [0.717, 1.165) is 55.4 Å². The van der Waals surface area contributed by atoms with Gasteiger partial charge < -0.3 is 9.32 Å². The van der Waals surface area contributed by atoms with Gasteiger partial charge in [0.25, 0.3) is 0 Å². The highest BCUT2D eigenvalue weighted by molar-refractivity contribution is 6.13. The Morgan fingerprint density at radius 2 is 1.04 bits per heavy atom. The molecule has 0 spiro atoms. The van der Waals surface area contributed by atoms with E-state index in [4.69, 9.17) is 19.4 Å². The molecular formula is C48H34N4O. The molecule has 7 aromatic carbocycles. The van der Waals surface area contributed by atoms with Gasteiger partial charge in [-0.05, 0) is 70.8 Å². The van der Waals surface area contributed by atoms with Crippen molar-refractivity contribution in [2.24, 2.45) is 0 Å². The number of fused-ring (bicyclic) bond motifs is 5. The van der Waals surface area contributed by atoms with Gasteiger partial charge in [-0.25, -0.2) is 15.0 Å². The van der Waals surface area contributed by atoms with Crippen LogP contribution in [0, 0.1) is 0 Å². The van der Waals surface area contributed by atoms with Crippen LogP contribution in [0.2, 0.25) is 0 Å². The zero-order valence-electron chi connectivity index (χ0n) is 29.4. The van der Waals surface area contributed by atoms with Crippen LogP contribution in [0.1, 0.15) is 25.0 Å². The maximum atomic E-state index is 6.60.